The van der Waals surface area contributed by atoms with Crippen molar-refractivity contribution in [1.29, 1.82) is 0 Å². The molecule has 0 spiro atoms. The number of carbonyl (C=O) groups is 4. The zero-order valence-corrected chi connectivity index (χ0v) is 41.4. The highest BCUT2D eigenvalue weighted by Crippen LogP contribution is 2.39. The van der Waals surface area contributed by atoms with Crippen molar-refractivity contribution in [3.05, 3.63) is 12.2 Å². The first-order chi connectivity index (χ1) is 30.1. The van der Waals surface area contributed by atoms with Crippen molar-refractivity contribution in [2.45, 2.75) is 246 Å². The van der Waals surface area contributed by atoms with Crippen molar-refractivity contribution >= 4 is 23.9 Å². The van der Waals surface area contributed by atoms with Gasteiger partial charge in [-0.1, -0.05) is 175 Å². The molecule has 0 aliphatic heterocycles. The Morgan fingerprint density at radius 2 is 1.05 bits per heavy atom. The van der Waals surface area contributed by atoms with E-state index in [1.165, 1.54) is 51.4 Å². The molecule has 6 atom stereocenters. The maximum absolute atomic E-state index is 14.0. The quantitative estimate of drug-likeness (QED) is 0.0257. The average Bonchev–Trinajstić information content (AvgIpc) is 3.61. The smallest absolute Gasteiger partial charge is 0.309 e. The number of allylic oxidation sites excluding steroid dienone is 2. The Morgan fingerprint density at radius 1 is 0.565 bits per heavy atom. The second-order valence-corrected chi connectivity index (χ2v) is 18.8. The molecule has 0 radical (unpaired) electrons. The van der Waals surface area contributed by atoms with Crippen LogP contribution in [0.4, 0.5) is 0 Å². The molecule has 0 aromatic carbocycles. The van der Waals surface area contributed by atoms with E-state index in [0.717, 1.165) is 141 Å². The largest absolute Gasteiger partial charge is 0.462 e. The standard InChI is InChI=1S/C53H97NO8/c1-8-13-18-22-24-29-33-44(32-27-20-15-10-3)52(57)60-43-47(61-53(58)45(34-28-21-16-11-4)35-30-25-23-19-14-9-2)42-59-51(56)41-46-38-39-49(48(46)36-26-17-12-5)62-50(55)37-31-40-54(6)7/h17,26,44-49H,8-16,18-25,27-43H2,1-7H3/b26-17-. The topological polar surface area (TPSA) is 108 Å². The van der Waals surface area contributed by atoms with E-state index in [2.05, 4.69) is 51.7 Å². The van der Waals surface area contributed by atoms with Gasteiger partial charge in [-0.2, -0.15) is 0 Å². The Kier molecular flexibility index (Phi) is 36.2. The van der Waals surface area contributed by atoms with Crippen molar-refractivity contribution < 1.29 is 38.1 Å². The average molecular weight is 876 g/mol. The van der Waals surface area contributed by atoms with Crippen LogP contribution in [0.2, 0.25) is 0 Å². The minimum Gasteiger partial charge on any atom is -0.462 e. The normalized spacial score (nSPS) is 17.9. The van der Waals surface area contributed by atoms with Crippen molar-refractivity contribution in [1.82, 2.24) is 4.90 Å². The van der Waals surface area contributed by atoms with Crippen LogP contribution in [0.5, 0.6) is 0 Å². The molecule has 0 N–H and O–H groups in total. The lowest BCUT2D eigenvalue weighted by Gasteiger charge is -2.25. The highest BCUT2D eigenvalue weighted by molar-refractivity contribution is 5.74. The van der Waals surface area contributed by atoms with Gasteiger partial charge in [0.05, 0.1) is 11.8 Å². The molecule has 0 saturated heterocycles. The van der Waals surface area contributed by atoms with E-state index >= 15 is 0 Å². The molecule has 1 aliphatic rings. The van der Waals surface area contributed by atoms with Crippen LogP contribution >= 0.6 is 0 Å². The van der Waals surface area contributed by atoms with Crippen molar-refractivity contribution in [2.75, 3.05) is 33.9 Å². The zero-order valence-electron chi connectivity index (χ0n) is 41.4. The van der Waals surface area contributed by atoms with E-state index in [1.54, 1.807) is 0 Å². The maximum atomic E-state index is 14.0. The maximum Gasteiger partial charge on any atom is 0.309 e. The van der Waals surface area contributed by atoms with Gasteiger partial charge < -0.3 is 23.8 Å². The summed E-state index contributed by atoms with van der Waals surface area (Å²) in [6.07, 6.45) is 33.3. The number of hydrogen-bond acceptors (Lipinski definition) is 9. The summed E-state index contributed by atoms with van der Waals surface area (Å²) >= 11 is 0. The second-order valence-electron chi connectivity index (χ2n) is 18.8. The molecule has 6 unspecified atom stereocenters. The lowest BCUT2D eigenvalue weighted by atomic mass is 9.88. The summed E-state index contributed by atoms with van der Waals surface area (Å²) in [5.74, 6) is -1.46. The number of unbranched alkanes of at least 4 members (excludes halogenated alkanes) is 16. The Balaban J connectivity index is 3.14. The fourth-order valence-corrected chi connectivity index (χ4v) is 8.91. The molecule has 9 heteroatoms. The summed E-state index contributed by atoms with van der Waals surface area (Å²) in [6.45, 7) is 11.5. The SMILES string of the molecule is CC/C=C\CC1C(CC(=O)OCC(COC(=O)C(CCCCCC)CCCCCCCC)OC(=O)C(CCCCCC)CCCCCCCC)CCC1OC(=O)CCCN(C)C. The fourth-order valence-electron chi connectivity index (χ4n) is 8.91. The molecule has 0 aromatic rings. The van der Waals surface area contributed by atoms with Crippen LogP contribution in [0, 0.1) is 23.7 Å². The third-order valence-corrected chi connectivity index (χ3v) is 12.8. The summed E-state index contributed by atoms with van der Waals surface area (Å²) in [7, 11) is 3.99. The van der Waals surface area contributed by atoms with Gasteiger partial charge in [-0.05, 0) is 84.3 Å². The van der Waals surface area contributed by atoms with Crippen LogP contribution in [0.25, 0.3) is 0 Å². The molecule has 9 nitrogen and oxygen atoms in total. The van der Waals surface area contributed by atoms with Gasteiger partial charge in [-0.15, -0.1) is 0 Å². The first-order valence-electron chi connectivity index (χ1n) is 26.1. The van der Waals surface area contributed by atoms with E-state index in [9.17, 15) is 19.2 Å². The first kappa shape index (κ1) is 57.6. The van der Waals surface area contributed by atoms with Crippen LogP contribution in [0.1, 0.15) is 234 Å². The number of rotatable bonds is 41. The molecule has 1 saturated carbocycles. The van der Waals surface area contributed by atoms with Gasteiger partial charge >= 0.3 is 23.9 Å². The lowest BCUT2D eigenvalue weighted by Crippen LogP contribution is -2.34. The number of nitrogens with zero attached hydrogens (tertiary/aromatic N) is 1. The minimum absolute atomic E-state index is 0.00248. The highest BCUT2D eigenvalue weighted by atomic mass is 16.6. The van der Waals surface area contributed by atoms with Crippen LogP contribution in [-0.2, 0) is 38.1 Å². The molecule has 1 rings (SSSR count). The van der Waals surface area contributed by atoms with Gasteiger partial charge in [-0.25, -0.2) is 0 Å². The van der Waals surface area contributed by atoms with Gasteiger partial charge in [0, 0.05) is 18.8 Å². The molecule has 0 heterocycles. The Labute approximate surface area is 381 Å². The Bertz CT molecular complexity index is 1160. The molecule has 62 heavy (non-hydrogen) atoms. The molecule has 1 fully saturated rings. The predicted octanol–water partition coefficient (Wildman–Crippen LogP) is 13.7. The van der Waals surface area contributed by atoms with E-state index < -0.39 is 6.10 Å². The Hall–Kier alpha value is -2.42. The van der Waals surface area contributed by atoms with E-state index in [4.69, 9.17) is 18.9 Å². The molecule has 0 bridgehead atoms. The van der Waals surface area contributed by atoms with E-state index in [-0.39, 0.29) is 73.3 Å². The number of esters is 4. The lowest BCUT2D eigenvalue weighted by molar-refractivity contribution is -0.172. The molecule has 1 aliphatic carbocycles. The first-order valence-corrected chi connectivity index (χ1v) is 26.1. The van der Waals surface area contributed by atoms with Gasteiger partial charge in [0.1, 0.15) is 19.3 Å². The monoisotopic (exact) mass is 876 g/mol. The summed E-state index contributed by atoms with van der Waals surface area (Å²) < 4.78 is 24.1. The summed E-state index contributed by atoms with van der Waals surface area (Å²) in [5.41, 5.74) is 0. The van der Waals surface area contributed by atoms with E-state index in [0.29, 0.717) is 6.42 Å². The molecule has 0 aromatic heterocycles. The van der Waals surface area contributed by atoms with Crippen LogP contribution in [0.15, 0.2) is 12.2 Å². The third-order valence-electron chi connectivity index (χ3n) is 12.8. The van der Waals surface area contributed by atoms with Crippen molar-refractivity contribution in [2.24, 2.45) is 23.7 Å². The predicted molar refractivity (Wildman–Crippen MR) is 255 cm³/mol. The number of carbonyl (C=O) groups excluding carboxylic acids is 4. The summed E-state index contributed by atoms with van der Waals surface area (Å²) in [5, 5.41) is 0. The van der Waals surface area contributed by atoms with Gasteiger partial charge in [-0.3, -0.25) is 19.2 Å². The molecular weight excluding hydrogens is 779 g/mol. The molecule has 362 valence electrons. The van der Waals surface area contributed by atoms with Crippen LogP contribution in [0.3, 0.4) is 0 Å². The highest BCUT2D eigenvalue weighted by Gasteiger charge is 2.39. The molecular formula is C53H97NO8. The zero-order chi connectivity index (χ0) is 45.6. The summed E-state index contributed by atoms with van der Waals surface area (Å²) in [4.78, 5) is 56.2. The van der Waals surface area contributed by atoms with Crippen molar-refractivity contribution in [3.63, 3.8) is 0 Å². The van der Waals surface area contributed by atoms with E-state index in [1.807, 2.05) is 14.1 Å². The van der Waals surface area contributed by atoms with Gasteiger partial charge in [0.15, 0.2) is 6.10 Å². The third kappa shape index (κ3) is 29.1. The van der Waals surface area contributed by atoms with Crippen molar-refractivity contribution in [3.8, 4) is 0 Å². The van der Waals surface area contributed by atoms with Gasteiger partial charge in [0.2, 0.25) is 0 Å². The van der Waals surface area contributed by atoms with Gasteiger partial charge in [0.25, 0.3) is 0 Å². The number of ether oxygens (including phenoxy) is 4. The fraction of sp³-hybridized carbons (Fsp3) is 0.887. The second kappa shape index (κ2) is 39.0. The Morgan fingerprint density at radius 3 is 1.56 bits per heavy atom. The minimum atomic E-state index is -0.879. The summed E-state index contributed by atoms with van der Waals surface area (Å²) in [6, 6.07) is 0. The molecule has 0 amide bonds. The number of hydrogen-bond donors (Lipinski definition) is 0. The van der Waals surface area contributed by atoms with Crippen LogP contribution < -0.4 is 0 Å². The van der Waals surface area contributed by atoms with Crippen LogP contribution in [-0.4, -0.2) is 74.8 Å².